The van der Waals surface area contributed by atoms with Crippen molar-refractivity contribution in [2.24, 2.45) is 0 Å². The van der Waals surface area contributed by atoms with Crippen LogP contribution in [0.2, 0.25) is 10.0 Å². The molecule has 0 unspecified atom stereocenters. The van der Waals surface area contributed by atoms with Crippen LogP contribution >= 0.6 is 23.2 Å². The van der Waals surface area contributed by atoms with Crippen molar-refractivity contribution in [3.8, 4) is 17.2 Å². The fourth-order valence-electron chi connectivity index (χ4n) is 2.00. The van der Waals surface area contributed by atoms with Gasteiger partial charge in [0.15, 0.2) is 17.2 Å². The van der Waals surface area contributed by atoms with Crippen molar-refractivity contribution in [2.45, 2.75) is 6.92 Å². The molecule has 0 heterocycles. The summed E-state index contributed by atoms with van der Waals surface area (Å²) in [5.74, 6) is 1.45. The second-order valence-corrected chi connectivity index (χ2v) is 5.60. The van der Waals surface area contributed by atoms with Crippen molar-refractivity contribution >= 4 is 29.5 Å². The standard InChI is InChI=1S/C17H16Cl2O4/c1-11-7-13(18)17(14(19)8-11)23-6-5-22-15-4-3-12(10-20)9-16(15)21-2/h3-4,7-10H,5-6H2,1-2H3. The van der Waals surface area contributed by atoms with Gasteiger partial charge in [0, 0.05) is 5.56 Å². The average molecular weight is 355 g/mol. The van der Waals surface area contributed by atoms with Crippen LogP contribution in [0, 0.1) is 6.92 Å². The van der Waals surface area contributed by atoms with E-state index in [1.807, 2.05) is 6.92 Å². The van der Waals surface area contributed by atoms with Gasteiger partial charge in [-0.3, -0.25) is 4.79 Å². The predicted molar refractivity (Wildman–Crippen MR) is 90.6 cm³/mol. The van der Waals surface area contributed by atoms with Crippen LogP contribution in [0.5, 0.6) is 17.2 Å². The topological polar surface area (TPSA) is 44.8 Å². The lowest BCUT2D eigenvalue weighted by Crippen LogP contribution is -2.10. The Bertz CT molecular complexity index is 678. The van der Waals surface area contributed by atoms with Gasteiger partial charge in [-0.25, -0.2) is 0 Å². The molecule has 2 aromatic carbocycles. The largest absolute Gasteiger partial charge is 0.493 e. The fourth-order valence-corrected chi connectivity index (χ4v) is 2.70. The zero-order chi connectivity index (χ0) is 16.8. The molecule has 23 heavy (non-hydrogen) atoms. The van der Waals surface area contributed by atoms with Crippen molar-refractivity contribution in [3.05, 3.63) is 51.5 Å². The van der Waals surface area contributed by atoms with Crippen LogP contribution < -0.4 is 14.2 Å². The first-order valence-corrected chi connectivity index (χ1v) is 7.65. The van der Waals surface area contributed by atoms with E-state index in [9.17, 15) is 4.79 Å². The molecule has 2 rings (SSSR count). The second-order valence-electron chi connectivity index (χ2n) is 4.78. The highest BCUT2D eigenvalue weighted by atomic mass is 35.5. The lowest BCUT2D eigenvalue weighted by atomic mass is 10.2. The zero-order valence-electron chi connectivity index (χ0n) is 12.8. The van der Waals surface area contributed by atoms with Gasteiger partial charge in [-0.05, 0) is 42.8 Å². The molecule has 0 atom stereocenters. The summed E-state index contributed by atoms with van der Waals surface area (Å²) in [6.07, 6.45) is 0.747. The van der Waals surface area contributed by atoms with E-state index in [0.717, 1.165) is 11.8 Å². The highest BCUT2D eigenvalue weighted by Crippen LogP contribution is 2.34. The molecule has 0 aliphatic heterocycles. The first-order valence-electron chi connectivity index (χ1n) is 6.89. The normalized spacial score (nSPS) is 10.3. The molecule has 0 N–H and O–H groups in total. The third-order valence-electron chi connectivity index (χ3n) is 3.05. The summed E-state index contributed by atoms with van der Waals surface area (Å²) in [5.41, 5.74) is 1.48. The lowest BCUT2D eigenvalue weighted by Gasteiger charge is -2.13. The lowest BCUT2D eigenvalue weighted by molar-refractivity contribution is 0.112. The van der Waals surface area contributed by atoms with Crippen molar-refractivity contribution in [1.82, 2.24) is 0 Å². The van der Waals surface area contributed by atoms with Crippen LogP contribution in [0.25, 0.3) is 0 Å². The third kappa shape index (κ3) is 4.53. The van der Waals surface area contributed by atoms with Gasteiger partial charge in [-0.15, -0.1) is 0 Å². The summed E-state index contributed by atoms with van der Waals surface area (Å²) in [6, 6.07) is 8.50. The van der Waals surface area contributed by atoms with Gasteiger partial charge in [0.1, 0.15) is 19.5 Å². The summed E-state index contributed by atoms with van der Waals surface area (Å²) < 4.78 is 16.4. The maximum atomic E-state index is 10.7. The van der Waals surface area contributed by atoms with Crippen molar-refractivity contribution in [2.75, 3.05) is 20.3 Å². The molecule has 2 aromatic rings. The molecule has 122 valence electrons. The zero-order valence-corrected chi connectivity index (χ0v) is 14.3. The van der Waals surface area contributed by atoms with E-state index in [0.29, 0.717) is 32.9 Å². The van der Waals surface area contributed by atoms with E-state index in [1.54, 1.807) is 30.3 Å². The summed E-state index contributed by atoms with van der Waals surface area (Å²) in [7, 11) is 1.51. The number of aryl methyl sites for hydroxylation is 1. The van der Waals surface area contributed by atoms with Crippen LogP contribution in [0.3, 0.4) is 0 Å². The molecular weight excluding hydrogens is 339 g/mol. The summed E-state index contributed by atoms with van der Waals surface area (Å²) in [6.45, 7) is 2.44. The van der Waals surface area contributed by atoms with E-state index in [-0.39, 0.29) is 13.2 Å². The Balaban J connectivity index is 1.95. The quantitative estimate of drug-likeness (QED) is 0.539. The van der Waals surface area contributed by atoms with E-state index in [2.05, 4.69) is 0 Å². The van der Waals surface area contributed by atoms with Gasteiger partial charge in [-0.2, -0.15) is 0 Å². The smallest absolute Gasteiger partial charge is 0.161 e. The van der Waals surface area contributed by atoms with Crippen molar-refractivity contribution in [1.29, 1.82) is 0 Å². The summed E-state index contributed by atoms with van der Waals surface area (Å²) in [4.78, 5) is 10.7. The summed E-state index contributed by atoms with van der Waals surface area (Å²) in [5, 5.41) is 0.922. The Morgan fingerprint density at radius 2 is 1.65 bits per heavy atom. The minimum absolute atomic E-state index is 0.265. The van der Waals surface area contributed by atoms with E-state index < -0.39 is 0 Å². The Morgan fingerprint density at radius 3 is 2.26 bits per heavy atom. The molecule has 0 aliphatic rings. The van der Waals surface area contributed by atoms with Crippen LogP contribution in [0.4, 0.5) is 0 Å². The van der Waals surface area contributed by atoms with Crippen LogP contribution in [0.15, 0.2) is 30.3 Å². The average Bonchev–Trinajstić information content (AvgIpc) is 2.53. The van der Waals surface area contributed by atoms with Gasteiger partial charge in [0.25, 0.3) is 0 Å². The van der Waals surface area contributed by atoms with Crippen LogP contribution in [-0.2, 0) is 0 Å². The number of carbonyl (C=O) groups is 1. The maximum Gasteiger partial charge on any atom is 0.161 e. The van der Waals surface area contributed by atoms with Gasteiger partial charge in [0.05, 0.1) is 17.2 Å². The van der Waals surface area contributed by atoms with Crippen LogP contribution in [-0.4, -0.2) is 26.6 Å². The molecule has 0 spiro atoms. The van der Waals surface area contributed by atoms with Gasteiger partial charge in [-0.1, -0.05) is 23.2 Å². The molecule has 0 bridgehead atoms. The molecule has 6 heteroatoms. The van der Waals surface area contributed by atoms with Gasteiger partial charge < -0.3 is 14.2 Å². The van der Waals surface area contributed by atoms with Crippen LogP contribution in [0.1, 0.15) is 15.9 Å². The molecule has 0 saturated carbocycles. The Labute approximate surface area is 144 Å². The van der Waals surface area contributed by atoms with Crippen molar-refractivity contribution < 1.29 is 19.0 Å². The highest BCUT2D eigenvalue weighted by molar-refractivity contribution is 6.37. The minimum Gasteiger partial charge on any atom is -0.493 e. The first-order chi connectivity index (χ1) is 11.0. The van der Waals surface area contributed by atoms with E-state index in [1.165, 1.54) is 7.11 Å². The molecule has 0 aromatic heterocycles. The SMILES string of the molecule is COc1cc(C=O)ccc1OCCOc1c(Cl)cc(C)cc1Cl. The first kappa shape index (κ1) is 17.4. The Kier molecular flexibility index (Phi) is 6.13. The third-order valence-corrected chi connectivity index (χ3v) is 3.62. The number of aldehydes is 1. The second kappa shape index (κ2) is 8.09. The number of methoxy groups -OCH3 is 1. The van der Waals surface area contributed by atoms with Gasteiger partial charge >= 0.3 is 0 Å². The number of hydrogen-bond acceptors (Lipinski definition) is 4. The number of rotatable bonds is 7. The number of carbonyl (C=O) groups excluding carboxylic acids is 1. The number of benzene rings is 2. The number of halogens is 2. The molecule has 0 aliphatic carbocycles. The Morgan fingerprint density at radius 1 is 1.00 bits per heavy atom. The maximum absolute atomic E-state index is 10.7. The summed E-state index contributed by atoms with van der Waals surface area (Å²) >= 11 is 12.2. The molecule has 0 radical (unpaired) electrons. The van der Waals surface area contributed by atoms with E-state index in [4.69, 9.17) is 37.4 Å². The molecule has 4 nitrogen and oxygen atoms in total. The van der Waals surface area contributed by atoms with Gasteiger partial charge in [0.2, 0.25) is 0 Å². The minimum atomic E-state index is 0.265. The molecule has 0 amide bonds. The molecule has 0 fully saturated rings. The molecule has 0 saturated heterocycles. The monoisotopic (exact) mass is 354 g/mol. The number of ether oxygens (including phenoxy) is 3. The molecular formula is C17H16Cl2O4. The highest BCUT2D eigenvalue weighted by Gasteiger charge is 2.09. The van der Waals surface area contributed by atoms with Crippen molar-refractivity contribution in [3.63, 3.8) is 0 Å². The van der Waals surface area contributed by atoms with E-state index >= 15 is 0 Å². The number of hydrogen-bond donors (Lipinski definition) is 0. The fraction of sp³-hybridized carbons (Fsp3) is 0.235. The predicted octanol–water partition coefficient (Wildman–Crippen LogP) is 4.58. The Hall–Kier alpha value is -1.91.